The van der Waals surface area contributed by atoms with Crippen LogP contribution >= 0.6 is 17.0 Å². The van der Waals surface area contributed by atoms with Gasteiger partial charge in [-0.05, 0) is 43.9 Å². The highest BCUT2D eigenvalue weighted by atomic mass is 79.9. The molecule has 1 rings (SSSR count). The second-order valence-corrected chi connectivity index (χ2v) is 3.60. The van der Waals surface area contributed by atoms with E-state index in [0.29, 0.717) is 0 Å². The van der Waals surface area contributed by atoms with Gasteiger partial charge in [0.15, 0.2) is 0 Å². The Kier molecular flexibility index (Phi) is 5.26. The van der Waals surface area contributed by atoms with Crippen LogP contribution in [0.15, 0.2) is 18.2 Å². The van der Waals surface area contributed by atoms with Crippen LogP contribution in [0.4, 0.5) is 0 Å². The Balaban J connectivity index is 0.00000144. The maximum absolute atomic E-state index is 5.71. The second-order valence-electron chi connectivity index (χ2n) is 3.60. The molecule has 1 nitrogen and oxygen atoms in total. The maximum atomic E-state index is 5.71. The number of rotatable bonds is 2. The van der Waals surface area contributed by atoms with Crippen molar-refractivity contribution in [3.63, 3.8) is 0 Å². The van der Waals surface area contributed by atoms with Crippen molar-refractivity contribution in [1.82, 2.24) is 0 Å². The lowest BCUT2D eigenvalue weighted by atomic mass is 10.0. The van der Waals surface area contributed by atoms with Crippen LogP contribution in [0, 0.1) is 13.8 Å². The highest BCUT2D eigenvalue weighted by Crippen LogP contribution is 2.10. The first-order valence-electron chi connectivity index (χ1n) is 4.41. The molecule has 2 heteroatoms. The van der Waals surface area contributed by atoms with Gasteiger partial charge in [0.05, 0.1) is 0 Å². The molecule has 1 atom stereocenters. The van der Waals surface area contributed by atoms with Gasteiger partial charge >= 0.3 is 0 Å². The summed E-state index contributed by atoms with van der Waals surface area (Å²) in [5.41, 5.74) is 9.76. The van der Waals surface area contributed by atoms with Gasteiger partial charge < -0.3 is 5.73 Å². The van der Waals surface area contributed by atoms with E-state index < -0.39 is 0 Å². The monoisotopic (exact) mass is 243 g/mol. The average molecular weight is 244 g/mol. The van der Waals surface area contributed by atoms with E-state index in [2.05, 4.69) is 32.0 Å². The zero-order valence-electron chi connectivity index (χ0n) is 8.50. The summed E-state index contributed by atoms with van der Waals surface area (Å²) in [5, 5.41) is 0. The van der Waals surface area contributed by atoms with Crippen molar-refractivity contribution in [2.24, 2.45) is 5.73 Å². The fraction of sp³-hybridized carbons (Fsp3) is 0.455. The Morgan fingerprint density at radius 1 is 1.23 bits per heavy atom. The Labute approximate surface area is 91.1 Å². The molecule has 74 valence electrons. The van der Waals surface area contributed by atoms with Crippen molar-refractivity contribution in [1.29, 1.82) is 0 Å². The molecular formula is C11H18BrN. The molecule has 0 amide bonds. The van der Waals surface area contributed by atoms with Crippen molar-refractivity contribution in [3.05, 3.63) is 34.9 Å². The molecule has 2 N–H and O–H groups in total. The fourth-order valence-corrected chi connectivity index (χ4v) is 1.30. The molecule has 0 aromatic heterocycles. The number of hydrogen-bond acceptors (Lipinski definition) is 1. The van der Waals surface area contributed by atoms with Crippen LogP contribution in [0.5, 0.6) is 0 Å². The Morgan fingerprint density at radius 2 is 1.85 bits per heavy atom. The predicted octanol–water partition coefficient (Wildman–Crippen LogP) is 2.77. The van der Waals surface area contributed by atoms with Gasteiger partial charge in [-0.1, -0.05) is 18.2 Å². The first kappa shape index (κ1) is 12.7. The smallest absolute Gasteiger partial charge is 0.00509 e. The van der Waals surface area contributed by atoms with Gasteiger partial charge in [0.2, 0.25) is 0 Å². The molecule has 0 bridgehead atoms. The molecule has 0 aliphatic heterocycles. The third kappa shape index (κ3) is 3.92. The van der Waals surface area contributed by atoms with Crippen molar-refractivity contribution >= 4 is 17.0 Å². The summed E-state index contributed by atoms with van der Waals surface area (Å²) >= 11 is 0. The average Bonchev–Trinajstić information content (AvgIpc) is 1.96. The predicted molar refractivity (Wildman–Crippen MR) is 63.6 cm³/mol. The van der Waals surface area contributed by atoms with Crippen LogP contribution in [0.25, 0.3) is 0 Å². The van der Waals surface area contributed by atoms with Crippen molar-refractivity contribution in [2.75, 3.05) is 0 Å². The molecule has 0 aliphatic rings. The number of nitrogens with two attached hydrogens (primary N) is 1. The van der Waals surface area contributed by atoms with Crippen LogP contribution in [0.1, 0.15) is 23.6 Å². The van der Waals surface area contributed by atoms with E-state index in [4.69, 9.17) is 5.73 Å². The molecule has 0 fully saturated rings. The van der Waals surface area contributed by atoms with E-state index >= 15 is 0 Å². The second kappa shape index (κ2) is 5.40. The van der Waals surface area contributed by atoms with Gasteiger partial charge in [0.25, 0.3) is 0 Å². The van der Waals surface area contributed by atoms with Crippen LogP contribution in [-0.2, 0) is 6.42 Å². The number of aryl methyl sites for hydroxylation is 2. The third-order valence-corrected chi connectivity index (χ3v) is 2.13. The SMILES string of the molecule is Br.Cc1ccc(CC(C)N)cc1C. The minimum absolute atomic E-state index is 0. The van der Waals surface area contributed by atoms with Gasteiger partial charge in [0, 0.05) is 6.04 Å². The zero-order chi connectivity index (χ0) is 9.14. The number of hydrogen-bond donors (Lipinski definition) is 1. The molecule has 1 aromatic carbocycles. The fourth-order valence-electron chi connectivity index (χ4n) is 1.30. The Bertz CT molecular complexity index is 269. The topological polar surface area (TPSA) is 26.0 Å². The van der Waals surface area contributed by atoms with E-state index in [1.807, 2.05) is 6.92 Å². The first-order valence-corrected chi connectivity index (χ1v) is 4.41. The van der Waals surface area contributed by atoms with Crippen LogP contribution in [0.3, 0.4) is 0 Å². The standard InChI is InChI=1S/C11H17N.BrH/c1-8-4-5-11(6-9(8)2)7-10(3)12;/h4-6,10H,7,12H2,1-3H3;1H. The van der Waals surface area contributed by atoms with Crippen LogP contribution < -0.4 is 5.73 Å². The molecule has 1 unspecified atom stereocenters. The van der Waals surface area contributed by atoms with Gasteiger partial charge in [-0.15, -0.1) is 17.0 Å². The summed E-state index contributed by atoms with van der Waals surface area (Å²) < 4.78 is 0. The van der Waals surface area contributed by atoms with Crippen LogP contribution in [-0.4, -0.2) is 6.04 Å². The van der Waals surface area contributed by atoms with E-state index in [1.165, 1.54) is 16.7 Å². The van der Waals surface area contributed by atoms with E-state index in [1.54, 1.807) is 0 Å². The minimum atomic E-state index is 0. The molecule has 0 spiro atoms. The largest absolute Gasteiger partial charge is 0.328 e. The molecule has 13 heavy (non-hydrogen) atoms. The lowest BCUT2D eigenvalue weighted by Crippen LogP contribution is -2.17. The lowest BCUT2D eigenvalue weighted by molar-refractivity contribution is 0.737. The zero-order valence-corrected chi connectivity index (χ0v) is 10.2. The van der Waals surface area contributed by atoms with Gasteiger partial charge in [-0.25, -0.2) is 0 Å². The number of halogens is 1. The van der Waals surface area contributed by atoms with Gasteiger partial charge in [-0.2, -0.15) is 0 Å². The molecule has 1 aromatic rings. The third-order valence-electron chi connectivity index (χ3n) is 2.13. The molecule has 0 saturated heterocycles. The first-order chi connectivity index (χ1) is 5.59. The lowest BCUT2D eigenvalue weighted by Gasteiger charge is -2.07. The highest BCUT2D eigenvalue weighted by Gasteiger charge is 1.98. The summed E-state index contributed by atoms with van der Waals surface area (Å²) in [7, 11) is 0. The molecule has 0 aliphatic carbocycles. The molecule has 0 saturated carbocycles. The normalized spacial score (nSPS) is 12.0. The molecule has 0 radical (unpaired) electrons. The summed E-state index contributed by atoms with van der Waals surface area (Å²) in [6, 6.07) is 6.80. The number of benzene rings is 1. The summed E-state index contributed by atoms with van der Waals surface area (Å²) in [6.07, 6.45) is 0.973. The minimum Gasteiger partial charge on any atom is -0.328 e. The molecular weight excluding hydrogens is 226 g/mol. The van der Waals surface area contributed by atoms with Crippen LogP contribution in [0.2, 0.25) is 0 Å². The van der Waals surface area contributed by atoms with Gasteiger partial charge in [-0.3, -0.25) is 0 Å². The van der Waals surface area contributed by atoms with Crippen molar-refractivity contribution in [2.45, 2.75) is 33.2 Å². The van der Waals surface area contributed by atoms with Gasteiger partial charge in [0.1, 0.15) is 0 Å². The Morgan fingerprint density at radius 3 is 2.31 bits per heavy atom. The quantitative estimate of drug-likeness (QED) is 0.850. The van der Waals surface area contributed by atoms with E-state index in [9.17, 15) is 0 Å². The molecule has 0 heterocycles. The summed E-state index contributed by atoms with van der Waals surface area (Å²) in [5.74, 6) is 0. The van der Waals surface area contributed by atoms with Crippen molar-refractivity contribution in [3.8, 4) is 0 Å². The van der Waals surface area contributed by atoms with E-state index in [-0.39, 0.29) is 23.0 Å². The van der Waals surface area contributed by atoms with E-state index in [0.717, 1.165) is 6.42 Å². The summed E-state index contributed by atoms with van der Waals surface area (Å²) in [6.45, 7) is 6.31. The summed E-state index contributed by atoms with van der Waals surface area (Å²) in [4.78, 5) is 0. The highest BCUT2D eigenvalue weighted by molar-refractivity contribution is 8.93. The maximum Gasteiger partial charge on any atom is 0.00509 e. The van der Waals surface area contributed by atoms with Crippen molar-refractivity contribution < 1.29 is 0 Å². The Hall–Kier alpha value is -0.340.